The van der Waals surface area contributed by atoms with E-state index in [0.29, 0.717) is 42.4 Å². The van der Waals surface area contributed by atoms with Gasteiger partial charge in [-0.25, -0.2) is 22.0 Å². The second-order valence-corrected chi connectivity index (χ2v) is 11.5. The summed E-state index contributed by atoms with van der Waals surface area (Å²) in [7, 11) is 0. The Hall–Kier alpha value is -3.64. The van der Waals surface area contributed by atoms with Gasteiger partial charge in [0.05, 0.1) is 6.61 Å². The minimum absolute atomic E-state index is 0.0767. The fourth-order valence-corrected chi connectivity index (χ4v) is 6.32. The van der Waals surface area contributed by atoms with Gasteiger partial charge >= 0.3 is 12.5 Å². The van der Waals surface area contributed by atoms with Crippen molar-refractivity contribution in [2.24, 2.45) is 17.8 Å². The lowest BCUT2D eigenvalue weighted by Crippen LogP contribution is -2.31. The minimum atomic E-state index is -5.50. The summed E-state index contributed by atoms with van der Waals surface area (Å²) in [6, 6.07) is 3.16. The van der Waals surface area contributed by atoms with E-state index in [2.05, 4.69) is 16.4 Å². The van der Waals surface area contributed by atoms with E-state index in [1.54, 1.807) is 0 Å². The van der Waals surface area contributed by atoms with Gasteiger partial charge in [-0.1, -0.05) is 32.6 Å². The third kappa shape index (κ3) is 7.27. The van der Waals surface area contributed by atoms with Crippen molar-refractivity contribution < 1.29 is 58.1 Å². The van der Waals surface area contributed by atoms with Crippen molar-refractivity contribution in [1.29, 1.82) is 0 Å². The number of halogens is 10. The maximum absolute atomic E-state index is 15.2. The van der Waals surface area contributed by atoms with Crippen molar-refractivity contribution in [3.8, 4) is 28.4 Å². The standard InChI is InChI=1S/C32H28F10O3/c1-2-3-16-4-6-17(7-5-16)20-8-19-11-23(33)22(14-28(19)43-15-20)18-9-24(34)29(25(35)10-18)31(38,39)44-21-12-26(36)30(27(37)13-21)45-32(40,41)42/h9-14,16-17,20H,2-8,15H2,1H3. The molecule has 2 aliphatic rings. The number of fused-ring (bicyclic) bond motifs is 1. The van der Waals surface area contributed by atoms with E-state index in [1.807, 2.05) is 0 Å². The third-order valence-electron chi connectivity index (χ3n) is 8.42. The summed E-state index contributed by atoms with van der Waals surface area (Å²) < 4.78 is 153. The molecule has 1 heterocycles. The molecule has 0 spiro atoms. The summed E-state index contributed by atoms with van der Waals surface area (Å²) in [5.74, 6) is -10.4. The fourth-order valence-electron chi connectivity index (χ4n) is 6.32. The molecule has 0 aromatic heterocycles. The lowest BCUT2D eigenvalue weighted by molar-refractivity contribution is -0.276. The van der Waals surface area contributed by atoms with Crippen LogP contribution >= 0.6 is 0 Å². The Morgan fingerprint density at radius 1 is 0.733 bits per heavy atom. The first-order valence-electron chi connectivity index (χ1n) is 14.4. The Balaban J connectivity index is 1.34. The Labute approximate surface area is 252 Å². The van der Waals surface area contributed by atoms with E-state index in [4.69, 9.17) is 4.74 Å². The van der Waals surface area contributed by atoms with Gasteiger partial charge in [-0.3, -0.25) is 0 Å². The maximum atomic E-state index is 15.2. The van der Waals surface area contributed by atoms with E-state index in [-0.39, 0.29) is 23.6 Å². The van der Waals surface area contributed by atoms with Crippen LogP contribution in [0.4, 0.5) is 43.9 Å². The zero-order chi connectivity index (χ0) is 32.7. The Morgan fingerprint density at radius 2 is 1.36 bits per heavy atom. The van der Waals surface area contributed by atoms with Gasteiger partial charge < -0.3 is 14.2 Å². The van der Waals surface area contributed by atoms with Crippen molar-refractivity contribution >= 4 is 0 Å². The lowest BCUT2D eigenvalue weighted by atomic mass is 9.72. The van der Waals surface area contributed by atoms with E-state index >= 15 is 4.39 Å². The zero-order valence-electron chi connectivity index (χ0n) is 23.9. The summed E-state index contributed by atoms with van der Waals surface area (Å²) in [6.07, 6.45) is -3.08. The molecule has 45 heavy (non-hydrogen) atoms. The fraction of sp³-hybridized carbons (Fsp3) is 0.438. The van der Waals surface area contributed by atoms with Gasteiger partial charge in [-0.05, 0) is 72.4 Å². The van der Waals surface area contributed by atoms with Gasteiger partial charge in [-0.15, -0.1) is 13.2 Å². The molecule has 0 bridgehead atoms. The van der Waals surface area contributed by atoms with Crippen LogP contribution < -0.4 is 14.2 Å². The van der Waals surface area contributed by atoms with Crippen LogP contribution in [0.1, 0.15) is 56.6 Å². The average Bonchev–Trinajstić information content (AvgIpc) is 2.93. The van der Waals surface area contributed by atoms with Crippen LogP contribution in [0.15, 0.2) is 36.4 Å². The number of hydrogen-bond acceptors (Lipinski definition) is 3. The number of rotatable bonds is 8. The van der Waals surface area contributed by atoms with Crippen molar-refractivity contribution in [3.05, 3.63) is 76.6 Å². The van der Waals surface area contributed by atoms with Gasteiger partial charge in [0, 0.05) is 17.7 Å². The molecular formula is C32H28F10O3. The van der Waals surface area contributed by atoms with Crippen LogP contribution in [0.2, 0.25) is 0 Å². The van der Waals surface area contributed by atoms with Crippen LogP contribution in [0.25, 0.3) is 11.1 Å². The molecular weight excluding hydrogens is 622 g/mol. The molecule has 1 saturated carbocycles. The summed E-state index contributed by atoms with van der Waals surface area (Å²) in [6.45, 7) is 2.55. The van der Waals surface area contributed by atoms with Crippen LogP contribution in [0, 0.1) is 46.8 Å². The molecule has 1 fully saturated rings. The highest BCUT2D eigenvalue weighted by Gasteiger charge is 2.42. The van der Waals surface area contributed by atoms with Crippen molar-refractivity contribution in [2.45, 2.75) is 64.3 Å². The van der Waals surface area contributed by atoms with Gasteiger partial charge in [0.15, 0.2) is 11.6 Å². The molecule has 13 heteroatoms. The molecule has 244 valence electrons. The highest BCUT2D eigenvalue weighted by Crippen LogP contribution is 2.43. The molecule has 5 rings (SSSR count). The highest BCUT2D eigenvalue weighted by atomic mass is 19.4. The molecule has 3 aromatic carbocycles. The largest absolute Gasteiger partial charge is 0.573 e. The van der Waals surface area contributed by atoms with Crippen LogP contribution in [-0.2, 0) is 12.5 Å². The zero-order valence-corrected chi connectivity index (χ0v) is 23.9. The SMILES string of the molecule is CCCC1CCC(C2COc3cc(-c4cc(F)c(C(F)(F)Oc5cc(F)c(OC(F)(F)F)c(F)c5)c(F)c4)c(F)cc3C2)CC1. The first-order chi connectivity index (χ1) is 21.1. The van der Waals surface area contributed by atoms with E-state index in [9.17, 15) is 39.5 Å². The molecule has 0 N–H and O–H groups in total. The molecule has 3 nitrogen and oxygen atoms in total. The van der Waals surface area contributed by atoms with E-state index < -0.39 is 64.2 Å². The van der Waals surface area contributed by atoms with Crippen LogP contribution in [-0.4, -0.2) is 13.0 Å². The summed E-state index contributed by atoms with van der Waals surface area (Å²) in [4.78, 5) is 0. The number of hydrogen-bond donors (Lipinski definition) is 0. The van der Waals surface area contributed by atoms with Crippen LogP contribution in [0.5, 0.6) is 17.2 Å². The molecule has 1 aliphatic heterocycles. The Morgan fingerprint density at radius 3 is 1.93 bits per heavy atom. The molecule has 1 atom stereocenters. The molecule has 3 aromatic rings. The third-order valence-corrected chi connectivity index (χ3v) is 8.42. The lowest BCUT2D eigenvalue weighted by Gasteiger charge is -2.36. The molecule has 1 unspecified atom stereocenters. The van der Waals surface area contributed by atoms with Crippen molar-refractivity contribution in [2.75, 3.05) is 6.61 Å². The molecule has 0 amide bonds. The van der Waals surface area contributed by atoms with Gasteiger partial charge in [0.25, 0.3) is 0 Å². The summed E-state index contributed by atoms with van der Waals surface area (Å²) in [5, 5.41) is 0. The molecule has 0 saturated heterocycles. The summed E-state index contributed by atoms with van der Waals surface area (Å²) in [5.41, 5.74) is -2.14. The van der Waals surface area contributed by atoms with Crippen LogP contribution in [0.3, 0.4) is 0 Å². The average molecular weight is 651 g/mol. The Kier molecular flexibility index (Phi) is 9.19. The first kappa shape index (κ1) is 32.7. The quantitative estimate of drug-likeness (QED) is 0.227. The van der Waals surface area contributed by atoms with E-state index in [0.717, 1.165) is 38.0 Å². The van der Waals surface area contributed by atoms with Crippen molar-refractivity contribution in [3.63, 3.8) is 0 Å². The molecule has 1 aliphatic carbocycles. The maximum Gasteiger partial charge on any atom is 0.573 e. The number of ether oxygens (including phenoxy) is 3. The minimum Gasteiger partial charge on any atom is -0.493 e. The highest BCUT2D eigenvalue weighted by molar-refractivity contribution is 5.68. The summed E-state index contributed by atoms with van der Waals surface area (Å²) >= 11 is 0. The second kappa shape index (κ2) is 12.6. The van der Waals surface area contributed by atoms with Gasteiger partial charge in [-0.2, -0.15) is 8.78 Å². The number of benzene rings is 3. The second-order valence-electron chi connectivity index (χ2n) is 11.5. The van der Waals surface area contributed by atoms with Crippen molar-refractivity contribution in [1.82, 2.24) is 0 Å². The smallest absolute Gasteiger partial charge is 0.493 e. The number of alkyl halides is 5. The predicted octanol–water partition coefficient (Wildman–Crippen LogP) is 10.2. The first-order valence-corrected chi connectivity index (χ1v) is 14.4. The topological polar surface area (TPSA) is 27.7 Å². The van der Waals surface area contributed by atoms with Gasteiger partial charge in [0.2, 0.25) is 5.75 Å². The monoisotopic (exact) mass is 650 g/mol. The molecule has 0 radical (unpaired) electrons. The Bertz CT molecular complexity index is 1500. The van der Waals surface area contributed by atoms with Gasteiger partial charge in [0.1, 0.15) is 34.5 Å². The predicted molar refractivity (Wildman–Crippen MR) is 142 cm³/mol. The van der Waals surface area contributed by atoms with E-state index in [1.165, 1.54) is 18.6 Å². The normalized spacial score (nSPS) is 20.4.